The Bertz CT molecular complexity index is 490. The Morgan fingerprint density at radius 1 is 1.50 bits per heavy atom. The Labute approximate surface area is 84.0 Å². The second kappa shape index (κ2) is 3.67. The normalized spacial score (nSPS) is 10.4. The number of imidazole rings is 1. The number of thioether (sulfide) groups is 1. The minimum Gasteiger partial charge on any atom is -0.312 e. The molecule has 0 atom stereocenters. The van der Waals surface area contributed by atoms with Crippen LogP contribution in [0.3, 0.4) is 0 Å². The van der Waals surface area contributed by atoms with Crippen LogP contribution in [-0.2, 0) is 0 Å². The van der Waals surface area contributed by atoms with Crippen molar-refractivity contribution in [2.75, 3.05) is 6.26 Å². The number of hydrogen-bond acceptors (Lipinski definition) is 4. The van der Waals surface area contributed by atoms with E-state index in [4.69, 9.17) is 0 Å². The lowest BCUT2D eigenvalue weighted by Gasteiger charge is -1.97. The summed E-state index contributed by atoms with van der Waals surface area (Å²) in [6.07, 6.45) is 5.16. The van der Waals surface area contributed by atoms with E-state index in [1.807, 2.05) is 6.26 Å². The highest BCUT2D eigenvalue weighted by Crippen LogP contribution is 2.14. The van der Waals surface area contributed by atoms with E-state index in [1.54, 1.807) is 18.5 Å². The minimum absolute atomic E-state index is 0.232. The van der Waals surface area contributed by atoms with Crippen molar-refractivity contribution in [2.45, 2.75) is 5.16 Å². The molecule has 0 saturated carbocycles. The van der Waals surface area contributed by atoms with Crippen molar-refractivity contribution in [1.29, 1.82) is 0 Å². The van der Waals surface area contributed by atoms with Gasteiger partial charge in [0.1, 0.15) is 0 Å². The fourth-order valence-corrected chi connectivity index (χ4v) is 1.42. The van der Waals surface area contributed by atoms with E-state index in [9.17, 15) is 4.79 Å². The molecule has 0 aliphatic carbocycles. The van der Waals surface area contributed by atoms with E-state index in [0.717, 1.165) is 0 Å². The molecule has 0 aliphatic rings. The number of nitrogens with one attached hydrogen (secondary N) is 2. The van der Waals surface area contributed by atoms with E-state index in [2.05, 4.69) is 19.9 Å². The molecule has 0 radical (unpaired) electrons. The third kappa shape index (κ3) is 1.69. The number of aromatic nitrogens is 4. The molecular formula is C8H8N4OS. The summed E-state index contributed by atoms with van der Waals surface area (Å²) in [5, 5.41) is 0.685. The lowest BCUT2D eigenvalue weighted by Crippen LogP contribution is -2.00. The maximum atomic E-state index is 10.9. The third-order valence-electron chi connectivity index (χ3n) is 1.69. The maximum Gasteiger partial charge on any atom is 0.323 e. The summed E-state index contributed by atoms with van der Waals surface area (Å²) in [6, 6.07) is 1.75. The van der Waals surface area contributed by atoms with Gasteiger partial charge in [-0.25, -0.2) is 14.8 Å². The quantitative estimate of drug-likeness (QED) is 0.567. The number of rotatable bonds is 2. The highest BCUT2D eigenvalue weighted by atomic mass is 32.2. The molecule has 2 aromatic rings. The van der Waals surface area contributed by atoms with Crippen LogP contribution in [0.4, 0.5) is 0 Å². The highest BCUT2D eigenvalue weighted by molar-refractivity contribution is 7.98. The summed E-state index contributed by atoms with van der Waals surface area (Å²) in [7, 11) is 0. The Morgan fingerprint density at radius 2 is 2.36 bits per heavy atom. The zero-order valence-electron chi connectivity index (χ0n) is 7.44. The second-order valence-electron chi connectivity index (χ2n) is 2.59. The van der Waals surface area contributed by atoms with Crippen LogP contribution in [0.1, 0.15) is 0 Å². The zero-order valence-corrected chi connectivity index (χ0v) is 8.26. The minimum atomic E-state index is -0.232. The second-order valence-corrected chi connectivity index (χ2v) is 3.36. The van der Waals surface area contributed by atoms with Crippen molar-refractivity contribution in [3.05, 3.63) is 28.9 Å². The molecule has 0 fully saturated rings. The van der Waals surface area contributed by atoms with E-state index >= 15 is 0 Å². The molecule has 6 heteroatoms. The first-order valence-corrected chi connectivity index (χ1v) is 5.17. The molecule has 0 bridgehead atoms. The summed E-state index contributed by atoms with van der Waals surface area (Å²) in [4.78, 5) is 24.3. The fraction of sp³-hybridized carbons (Fsp3) is 0.125. The molecule has 0 unspecified atom stereocenters. The summed E-state index contributed by atoms with van der Waals surface area (Å²) in [6.45, 7) is 0. The molecule has 2 heterocycles. The van der Waals surface area contributed by atoms with Crippen LogP contribution < -0.4 is 5.69 Å². The number of nitrogens with zero attached hydrogens (tertiary/aromatic N) is 2. The predicted molar refractivity (Wildman–Crippen MR) is 54.2 cm³/mol. The molecule has 0 aromatic carbocycles. The smallest absolute Gasteiger partial charge is 0.312 e. The molecule has 0 aliphatic heterocycles. The average Bonchev–Trinajstić information content (AvgIpc) is 2.65. The van der Waals surface area contributed by atoms with Crippen LogP contribution in [0, 0.1) is 0 Å². The molecule has 2 aromatic heterocycles. The van der Waals surface area contributed by atoms with E-state index < -0.39 is 0 Å². The van der Waals surface area contributed by atoms with Gasteiger partial charge in [-0.05, 0) is 12.3 Å². The standard InChI is InChI=1S/C8H8N4OS/c1-14-8-9-3-2-5(12-8)6-4-10-7(13)11-6/h2-4H,1H3,(H2,10,11,13). The highest BCUT2D eigenvalue weighted by Gasteiger charge is 2.02. The molecule has 2 rings (SSSR count). The van der Waals surface area contributed by atoms with Gasteiger partial charge in [-0.2, -0.15) is 0 Å². The van der Waals surface area contributed by atoms with Crippen LogP contribution in [-0.4, -0.2) is 26.2 Å². The summed E-state index contributed by atoms with van der Waals surface area (Å²) >= 11 is 1.46. The van der Waals surface area contributed by atoms with Crippen LogP contribution >= 0.6 is 11.8 Å². The van der Waals surface area contributed by atoms with Gasteiger partial charge in [0, 0.05) is 12.4 Å². The monoisotopic (exact) mass is 208 g/mol. The lowest BCUT2D eigenvalue weighted by atomic mass is 10.3. The summed E-state index contributed by atoms with van der Waals surface area (Å²) in [5.74, 6) is 0. The topological polar surface area (TPSA) is 74.4 Å². The predicted octanol–water partition coefficient (Wildman–Crippen LogP) is 0.882. The fourth-order valence-electron chi connectivity index (χ4n) is 1.06. The largest absolute Gasteiger partial charge is 0.323 e. The van der Waals surface area contributed by atoms with Crippen molar-refractivity contribution >= 4 is 11.8 Å². The maximum absolute atomic E-state index is 10.9. The Morgan fingerprint density at radius 3 is 3.00 bits per heavy atom. The van der Waals surface area contributed by atoms with Gasteiger partial charge in [-0.15, -0.1) is 0 Å². The molecule has 14 heavy (non-hydrogen) atoms. The Hall–Kier alpha value is -1.56. The van der Waals surface area contributed by atoms with E-state index in [-0.39, 0.29) is 5.69 Å². The molecule has 5 nitrogen and oxygen atoms in total. The van der Waals surface area contributed by atoms with Crippen LogP contribution in [0.5, 0.6) is 0 Å². The van der Waals surface area contributed by atoms with Gasteiger partial charge in [-0.3, -0.25) is 0 Å². The SMILES string of the molecule is CSc1nccc(-c2c[nH]c(=O)[nH]2)n1. The number of hydrogen-bond donors (Lipinski definition) is 2. The van der Waals surface area contributed by atoms with Crippen LogP contribution in [0.2, 0.25) is 0 Å². The first-order chi connectivity index (χ1) is 6.79. The first kappa shape index (κ1) is 9.01. The lowest BCUT2D eigenvalue weighted by molar-refractivity contribution is 0.972. The van der Waals surface area contributed by atoms with Crippen molar-refractivity contribution in [1.82, 2.24) is 19.9 Å². The van der Waals surface area contributed by atoms with Crippen molar-refractivity contribution in [3.8, 4) is 11.4 Å². The number of H-pyrrole nitrogens is 2. The van der Waals surface area contributed by atoms with E-state index in [0.29, 0.717) is 16.5 Å². The van der Waals surface area contributed by atoms with Gasteiger partial charge >= 0.3 is 5.69 Å². The van der Waals surface area contributed by atoms with Crippen LogP contribution in [0.25, 0.3) is 11.4 Å². The molecule has 0 spiro atoms. The number of aromatic amines is 2. The molecule has 0 saturated heterocycles. The van der Waals surface area contributed by atoms with Crippen molar-refractivity contribution < 1.29 is 0 Å². The molecular weight excluding hydrogens is 200 g/mol. The third-order valence-corrected chi connectivity index (χ3v) is 2.25. The van der Waals surface area contributed by atoms with Crippen molar-refractivity contribution in [2.24, 2.45) is 0 Å². The van der Waals surface area contributed by atoms with Gasteiger partial charge in [0.2, 0.25) is 0 Å². The average molecular weight is 208 g/mol. The van der Waals surface area contributed by atoms with E-state index in [1.165, 1.54) is 11.8 Å². The van der Waals surface area contributed by atoms with Gasteiger partial charge in [0.15, 0.2) is 5.16 Å². The van der Waals surface area contributed by atoms with Gasteiger partial charge in [0.05, 0.1) is 11.4 Å². The van der Waals surface area contributed by atoms with Gasteiger partial charge < -0.3 is 9.97 Å². The van der Waals surface area contributed by atoms with Gasteiger partial charge in [0.25, 0.3) is 0 Å². The summed E-state index contributed by atoms with van der Waals surface area (Å²) < 4.78 is 0. The zero-order chi connectivity index (χ0) is 9.97. The molecule has 0 amide bonds. The Balaban J connectivity index is 2.46. The van der Waals surface area contributed by atoms with Crippen LogP contribution in [0.15, 0.2) is 28.4 Å². The van der Waals surface area contributed by atoms with Gasteiger partial charge in [-0.1, -0.05) is 11.8 Å². The first-order valence-electron chi connectivity index (χ1n) is 3.94. The molecule has 72 valence electrons. The molecule has 2 N–H and O–H groups in total. The summed E-state index contributed by atoms with van der Waals surface area (Å²) in [5.41, 5.74) is 1.15. The van der Waals surface area contributed by atoms with Crippen molar-refractivity contribution in [3.63, 3.8) is 0 Å². The Kier molecular flexibility index (Phi) is 2.36.